The molecule has 1 saturated heterocycles. The molecule has 1 aliphatic heterocycles. The molecular weight excluding hydrogens is 396 g/mol. The standard InChI is InChI=1S/C21H26N8O2/c22-8-4-9-24-20-27-16-7-10-23-19(30)17(16)18(28-20)25-14-5-3-6-15(13-14)26-21(31)29-11-1-2-12-29/h3,5-7,10,13H,1-2,4,8-9,11-12,22H2,(H,23,30)(H,26,31)(H2,24,25,27,28). The van der Waals surface area contributed by atoms with Gasteiger partial charge in [-0.1, -0.05) is 6.07 Å². The molecule has 1 aromatic carbocycles. The van der Waals surface area contributed by atoms with Gasteiger partial charge in [-0.25, -0.2) is 9.78 Å². The van der Waals surface area contributed by atoms with Gasteiger partial charge in [0.15, 0.2) is 0 Å². The van der Waals surface area contributed by atoms with Crippen LogP contribution >= 0.6 is 0 Å². The normalized spacial score (nSPS) is 13.4. The molecular formula is C21H26N8O2. The van der Waals surface area contributed by atoms with E-state index >= 15 is 0 Å². The summed E-state index contributed by atoms with van der Waals surface area (Å²) in [5, 5.41) is 9.62. The van der Waals surface area contributed by atoms with Crippen LogP contribution in [0.4, 0.5) is 27.9 Å². The van der Waals surface area contributed by atoms with E-state index in [1.54, 1.807) is 23.2 Å². The number of anilines is 4. The zero-order valence-electron chi connectivity index (χ0n) is 17.1. The zero-order chi connectivity index (χ0) is 21.6. The van der Waals surface area contributed by atoms with E-state index in [1.165, 1.54) is 0 Å². The molecule has 1 aliphatic rings. The number of amides is 2. The van der Waals surface area contributed by atoms with Gasteiger partial charge in [0.2, 0.25) is 5.95 Å². The van der Waals surface area contributed by atoms with Crippen LogP contribution in [0, 0.1) is 0 Å². The molecule has 6 N–H and O–H groups in total. The van der Waals surface area contributed by atoms with Crippen molar-refractivity contribution in [1.29, 1.82) is 0 Å². The Bertz CT molecular complexity index is 1120. The second kappa shape index (κ2) is 9.43. The van der Waals surface area contributed by atoms with Crippen LogP contribution in [0.15, 0.2) is 41.3 Å². The van der Waals surface area contributed by atoms with Gasteiger partial charge in [-0.05, 0) is 50.1 Å². The predicted octanol–water partition coefficient (Wildman–Crippen LogP) is 2.45. The Labute approximate surface area is 179 Å². The lowest BCUT2D eigenvalue weighted by Gasteiger charge is -2.17. The summed E-state index contributed by atoms with van der Waals surface area (Å²) in [6.45, 7) is 2.74. The Balaban J connectivity index is 1.60. The van der Waals surface area contributed by atoms with Gasteiger partial charge in [0.25, 0.3) is 5.56 Å². The number of urea groups is 1. The van der Waals surface area contributed by atoms with E-state index in [0.717, 1.165) is 32.4 Å². The van der Waals surface area contributed by atoms with Gasteiger partial charge in [0, 0.05) is 37.2 Å². The number of rotatable bonds is 7. The molecule has 10 heteroatoms. The number of aromatic nitrogens is 3. The molecule has 4 rings (SSSR count). The third-order valence-corrected chi connectivity index (χ3v) is 5.05. The molecule has 3 aromatic rings. The summed E-state index contributed by atoms with van der Waals surface area (Å²) in [4.78, 5) is 38.2. The first-order chi connectivity index (χ1) is 15.1. The van der Waals surface area contributed by atoms with Gasteiger partial charge in [-0.15, -0.1) is 0 Å². The van der Waals surface area contributed by atoms with Crippen LogP contribution in [0.1, 0.15) is 19.3 Å². The molecule has 162 valence electrons. The number of hydrogen-bond donors (Lipinski definition) is 5. The van der Waals surface area contributed by atoms with Crippen LogP contribution in [0.25, 0.3) is 10.9 Å². The van der Waals surface area contributed by atoms with Crippen LogP contribution in [0.5, 0.6) is 0 Å². The fraction of sp³-hybridized carbons (Fsp3) is 0.333. The van der Waals surface area contributed by atoms with E-state index in [-0.39, 0.29) is 11.6 Å². The number of pyridine rings is 1. The quantitative estimate of drug-likeness (QED) is 0.368. The maximum atomic E-state index is 12.4. The first-order valence-electron chi connectivity index (χ1n) is 10.4. The van der Waals surface area contributed by atoms with E-state index in [9.17, 15) is 9.59 Å². The van der Waals surface area contributed by atoms with Crippen molar-refractivity contribution < 1.29 is 4.79 Å². The summed E-state index contributed by atoms with van der Waals surface area (Å²) in [6, 6.07) is 8.92. The smallest absolute Gasteiger partial charge is 0.321 e. The molecule has 0 saturated carbocycles. The molecule has 0 radical (unpaired) electrons. The Hall–Kier alpha value is -3.66. The fourth-order valence-corrected chi connectivity index (χ4v) is 3.50. The summed E-state index contributed by atoms with van der Waals surface area (Å²) < 4.78 is 0. The molecule has 0 unspecified atom stereocenters. The lowest BCUT2D eigenvalue weighted by molar-refractivity contribution is 0.222. The van der Waals surface area contributed by atoms with Gasteiger partial charge in [-0.2, -0.15) is 4.98 Å². The number of H-pyrrole nitrogens is 1. The lowest BCUT2D eigenvalue weighted by Crippen LogP contribution is -2.32. The van der Waals surface area contributed by atoms with E-state index in [1.807, 2.05) is 18.2 Å². The van der Waals surface area contributed by atoms with Crippen LogP contribution in [0.3, 0.4) is 0 Å². The SMILES string of the molecule is NCCCNc1nc(Nc2cccc(NC(=O)N3CCCC3)c2)c2c(=O)[nH]ccc2n1. The highest BCUT2D eigenvalue weighted by molar-refractivity contribution is 5.92. The zero-order valence-corrected chi connectivity index (χ0v) is 17.1. The number of nitrogens with one attached hydrogen (secondary N) is 4. The van der Waals surface area contributed by atoms with Crippen LogP contribution in [-0.4, -0.2) is 52.1 Å². The number of carbonyl (C=O) groups excluding carboxylic acids is 1. The van der Waals surface area contributed by atoms with Gasteiger partial charge >= 0.3 is 6.03 Å². The van der Waals surface area contributed by atoms with Crippen molar-refractivity contribution in [2.75, 3.05) is 42.1 Å². The highest BCUT2D eigenvalue weighted by atomic mass is 16.2. The Morgan fingerprint density at radius 1 is 1.16 bits per heavy atom. The maximum absolute atomic E-state index is 12.4. The van der Waals surface area contributed by atoms with Crippen molar-refractivity contribution in [2.24, 2.45) is 5.73 Å². The summed E-state index contributed by atoms with van der Waals surface area (Å²) in [7, 11) is 0. The minimum atomic E-state index is -0.285. The molecule has 0 spiro atoms. The number of aromatic amines is 1. The second-order valence-corrected chi connectivity index (χ2v) is 7.36. The van der Waals surface area contributed by atoms with Gasteiger partial charge in [-0.3, -0.25) is 4.79 Å². The number of carbonyl (C=O) groups is 1. The molecule has 3 heterocycles. The van der Waals surface area contributed by atoms with Crippen molar-refractivity contribution in [2.45, 2.75) is 19.3 Å². The average molecular weight is 422 g/mol. The van der Waals surface area contributed by atoms with E-state index < -0.39 is 0 Å². The third kappa shape index (κ3) is 4.92. The van der Waals surface area contributed by atoms with Crippen LogP contribution < -0.4 is 27.2 Å². The average Bonchev–Trinajstić information content (AvgIpc) is 3.29. The Kier molecular flexibility index (Phi) is 6.27. The number of nitrogens with zero attached hydrogens (tertiary/aromatic N) is 3. The molecule has 0 aliphatic carbocycles. The number of nitrogens with two attached hydrogens (primary N) is 1. The topological polar surface area (TPSA) is 141 Å². The molecule has 1 fully saturated rings. The van der Waals surface area contributed by atoms with E-state index in [4.69, 9.17) is 5.73 Å². The van der Waals surface area contributed by atoms with Crippen molar-refractivity contribution in [3.05, 3.63) is 46.9 Å². The third-order valence-electron chi connectivity index (χ3n) is 5.05. The summed E-state index contributed by atoms with van der Waals surface area (Å²) >= 11 is 0. The molecule has 31 heavy (non-hydrogen) atoms. The van der Waals surface area contributed by atoms with Crippen LogP contribution in [-0.2, 0) is 0 Å². The number of fused-ring (bicyclic) bond motifs is 1. The minimum Gasteiger partial charge on any atom is -0.354 e. The van der Waals surface area contributed by atoms with Crippen molar-refractivity contribution in [3.8, 4) is 0 Å². The highest BCUT2D eigenvalue weighted by Gasteiger charge is 2.18. The summed E-state index contributed by atoms with van der Waals surface area (Å²) in [5.41, 5.74) is 7.14. The minimum absolute atomic E-state index is 0.107. The number of benzene rings is 1. The predicted molar refractivity (Wildman–Crippen MR) is 122 cm³/mol. The molecule has 2 amide bonds. The largest absolute Gasteiger partial charge is 0.354 e. The van der Waals surface area contributed by atoms with Crippen LogP contribution in [0.2, 0.25) is 0 Å². The molecule has 2 aromatic heterocycles. The first-order valence-corrected chi connectivity index (χ1v) is 10.4. The van der Waals surface area contributed by atoms with Crippen molar-refractivity contribution >= 4 is 40.1 Å². The fourth-order valence-electron chi connectivity index (χ4n) is 3.50. The Morgan fingerprint density at radius 3 is 2.77 bits per heavy atom. The second-order valence-electron chi connectivity index (χ2n) is 7.36. The monoisotopic (exact) mass is 422 g/mol. The molecule has 10 nitrogen and oxygen atoms in total. The maximum Gasteiger partial charge on any atom is 0.321 e. The first kappa shape index (κ1) is 20.6. The number of hydrogen-bond acceptors (Lipinski definition) is 7. The van der Waals surface area contributed by atoms with Crippen molar-refractivity contribution in [1.82, 2.24) is 19.9 Å². The highest BCUT2D eigenvalue weighted by Crippen LogP contribution is 2.24. The molecule has 0 bridgehead atoms. The number of likely N-dealkylation sites (tertiary alicyclic amines) is 1. The van der Waals surface area contributed by atoms with Gasteiger partial charge in [0.1, 0.15) is 11.2 Å². The van der Waals surface area contributed by atoms with Gasteiger partial charge < -0.3 is 31.6 Å². The van der Waals surface area contributed by atoms with E-state index in [2.05, 4.69) is 30.9 Å². The van der Waals surface area contributed by atoms with Crippen molar-refractivity contribution in [3.63, 3.8) is 0 Å². The van der Waals surface area contributed by atoms with E-state index in [0.29, 0.717) is 47.1 Å². The Morgan fingerprint density at radius 2 is 1.97 bits per heavy atom. The van der Waals surface area contributed by atoms with Gasteiger partial charge in [0.05, 0.1) is 5.52 Å². The summed E-state index contributed by atoms with van der Waals surface area (Å²) in [5.74, 6) is 0.789. The summed E-state index contributed by atoms with van der Waals surface area (Å²) in [6.07, 6.45) is 4.40. The molecule has 0 atom stereocenters. The lowest BCUT2D eigenvalue weighted by atomic mass is 10.2.